The third kappa shape index (κ3) is 3.69. The number of hydrogen-bond acceptors (Lipinski definition) is 4. The van der Waals surface area contributed by atoms with Crippen molar-refractivity contribution in [2.45, 2.75) is 26.6 Å². The van der Waals surface area contributed by atoms with Gasteiger partial charge in [-0.15, -0.1) is 0 Å². The topological polar surface area (TPSA) is 102 Å². The fourth-order valence-corrected chi connectivity index (χ4v) is 2.22. The van der Waals surface area contributed by atoms with Gasteiger partial charge in [0.1, 0.15) is 6.54 Å². The van der Waals surface area contributed by atoms with Gasteiger partial charge in [-0.25, -0.2) is 4.79 Å². The lowest BCUT2D eigenvalue weighted by Crippen LogP contribution is -2.28. The molecule has 0 radical (unpaired) electrons. The number of aromatic carboxylic acids is 1. The molecule has 0 atom stereocenters. The van der Waals surface area contributed by atoms with Crippen LogP contribution in [0.4, 0.5) is 0 Å². The molecule has 2 rings (SSSR count). The van der Waals surface area contributed by atoms with Gasteiger partial charge in [-0.05, 0) is 28.9 Å². The number of carboxylic acids is 1. The Morgan fingerprint density at radius 1 is 1.48 bits per heavy atom. The van der Waals surface area contributed by atoms with Crippen LogP contribution in [0, 0.1) is 0 Å². The molecule has 2 N–H and O–H groups in total. The molecule has 0 saturated heterocycles. The number of aryl methyl sites for hydroxylation is 1. The Balaban J connectivity index is 1.92. The quantitative estimate of drug-likeness (QED) is 0.800. The van der Waals surface area contributed by atoms with Crippen molar-refractivity contribution in [3.8, 4) is 0 Å². The van der Waals surface area contributed by atoms with Crippen molar-refractivity contribution in [2.75, 3.05) is 0 Å². The first-order valence-electron chi connectivity index (χ1n) is 6.25. The first-order valence-corrected chi connectivity index (χ1v) is 7.04. The van der Waals surface area contributed by atoms with Crippen LogP contribution in [0.1, 0.15) is 23.1 Å². The molecule has 21 heavy (non-hydrogen) atoms. The molecular formula is C12H14BrN5O3. The zero-order valence-corrected chi connectivity index (χ0v) is 12.9. The van der Waals surface area contributed by atoms with E-state index in [4.69, 9.17) is 5.11 Å². The van der Waals surface area contributed by atoms with E-state index in [-0.39, 0.29) is 18.1 Å². The number of halogens is 1. The maximum Gasteiger partial charge on any atom is 0.356 e. The molecule has 2 aromatic rings. The van der Waals surface area contributed by atoms with Gasteiger partial charge >= 0.3 is 5.97 Å². The minimum atomic E-state index is -1.12. The molecule has 1 amide bonds. The third-order valence-corrected chi connectivity index (χ3v) is 3.48. The molecule has 0 spiro atoms. The van der Waals surface area contributed by atoms with Gasteiger partial charge < -0.3 is 10.4 Å². The van der Waals surface area contributed by atoms with Crippen LogP contribution in [0.15, 0.2) is 22.9 Å². The average molecular weight is 356 g/mol. The molecule has 0 aromatic carbocycles. The number of hydrogen-bond donors (Lipinski definition) is 2. The van der Waals surface area contributed by atoms with Crippen LogP contribution < -0.4 is 5.32 Å². The molecule has 2 aromatic heterocycles. The Hall–Kier alpha value is -2.16. The maximum atomic E-state index is 11.8. The van der Waals surface area contributed by atoms with Gasteiger partial charge in [0.05, 0.1) is 22.9 Å². The molecule has 8 nitrogen and oxygen atoms in total. The molecule has 0 saturated carbocycles. The second kappa shape index (κ2) is 6.53. The highest BCUT2D eigenvalue weighted by Gasteiger charge is 2.11. The largest absolute Gasteiger partial charge is 0.476 e. The number of aromatic nitrogens is 4. The van der Waals surface area contributed by atoms with Gasteiger partial charge in [-0.3, -0.25) is 14.2 Å². The van der Waals surface area contributed by atoms with Crippen LogP contribution in [0.3, 0.4) is 0 Å². The third-order valence-electron chi connectivity index (χ3n) is 2.82. The Labute approximate surface area is 128 Å². The fraction of sp³-hybridized carbons (Fsp3) is 0.333. The summed E-state index contributed by atoms with van der Waals surface area (Å²) in [5.74, 6) is -1.38. The fourth-order valence-electron chi connectivity index (χ4n) is 1.79. The Kier molecular flexibility index (Phi) is 4.73. The van der Waals surface area contributed by atoms with Gasteiger partial charge in [0.2, 0.25) is 5.91 Å². The van der Waals surface area contributed by atoms with E-state index < -0.39 is 5.97 Å². The van der Waals surface area contributed by atoms with E-state index in [1.807, 2.05) is 6.92 Å². The lowest BCUT2D eigenvalue weighted by molar-refractivity contribution is -0.122. The zero-order chi connectivity index (χ0) is 15.4. The van der Waals surface area contributed by atoms with Crippen LogP contribution in [-0.2, 0) is 24.4 Å². The smallest absolute Gasteiger partial charge is 0.356 e. The summed E-state index contributed by atoms with van der Waals surface area (Å²) in [4.78, 5) is 22.5. The molecular weight excluding hydrogens is 342 g/mol. The van der Waals surface area contributed by atoms with Crippen LogP contribution in [0.2, 0.25) is 0 Å². The first kappa shape index (κ1) is 15.2. The van der Waals surface area contributed by atoms with E-state index in [0.29, 0.717) is 13.1 Å². The summed E-state index contributed by atoms with van der Waals surface area (Å²) in [6, 6.07) is 1.35. The summed E-state index contributed by atoms with van der Waals surface area (Å²) >= 11 is 3.38. The number of rotatable bonds is 6. The van der Waals surface area contributed by atoms with E-state index >= 15 is 0 Å². The van der Waals surface area contributed by atoms with Gasteiger partial charge in [-0.1, -0.05) is 0 Å². The number of carbonyl (C=O) groups excluding carboxylic acids is 1. The Morgan fingerprint density at radius 2 is 2.24 bits per heavy atom. The lowest BCUT2D eigenvalue weighted by atomic mass is 10.4. The molecule has 0 fully saturated rings. The van der Waals surface area contributed by atoms with Crippen molar-refractivity contribution in [3.05, 3.63) is 34.3 Å². The van der Waals surface area contributed by atoms with Gasteiger partial charge in [-0.2, -0.15) is 10.2 Å². The van der Waals surface area contributed by atoms with E-state index in [1.165, 1.54) is 16.9 Å². The predicted molar refractivity (Wildman–Crippen MR) is 76.6 cm³/mol. The van der Waals surface area contributed by atoms with Crippen molar-refractivity contribution in [2.24, 2.45) is 0 Å². The highest BCUT2D eigenvalue weighted by molar-refractivity contribution is 9.10. The van der Waals surface area contributed by atoms with E-state index in [1.54, 1.807) is 10.9 Å². The standard InChI is InChI=1S/C12H14BrN5O3/c1-2-18-10(8(13)5-15-18)6-14-11(19)7-17-4-3-9(16-17)12(20)21/h3-5H,2,6-7H2,1H3,(H,14,19)(H,20,21). The second-order valence-electron chi connectivity index (χ2n) is 4.24. The Bertz CT molecular complexity index is 664. The minimum Gasteiger partial charge on any atom is -0.476 e. The Morgan fingerprint density at radius 3 is 2.86 bits per heavy atom. The number of carbonyl (C=O) groups is 2. The van der Waals surface area contributed by atoms with Crippen molar-refractivity contribution in [1.82, 2.24) is 24.9 Å². The highest BCUT2D eigenvalue weighted by atomic mass is 79.9. The van der Waals surface area contributed by atoms with Crippen LogP contribution in [0.25, 0.3) is 0 Å². The van der Waals surface area contributed by atoms with Crippen molar-refractivity contribution in [1.29, 1.82) is 0 Å². The molecule has 0 aliphatic carbocycles. The van der Waals surface area contributed by atoms with Gasteiger partial charge in [0.25, 0.3) is 0 Å². The van der Waals surface area contributed by atoms with Crippen LogP contribution >= 0.6 is 15.9 Å². The number of nitrogens with zero attached hydrogens (tertiary/aromatic N) is 4. The van der Waals surface area contributed by atoms with Crippen LogP contribution in [-0.4, -0.2) is 36.5 Å². The molecule has 2 heterocycles. The molecule has 0 aliphatic heterocycles. The lowest BCUT2D eigenvalue weighted by Gasteiger charge is -2.08. The zero-order valence-electron chi connectivity index (χ0n) is 11.3. The summed E-state index contributed by atoms with van der Waals surface area (Å²) < 4.78 is 3.89. The first-order chi connectivity index (χ1) is 10.0. The second-order valence-corrected chi connectivity index (χ2v) is 5.09. The van der Waals surface area contributed by atoms with Crippen molar-refractivity contribution < 1.29 is 14.7 Å². The van der Waals surface area contributed by atoms with E-state index in [9.17, 15) is 9.59 Å². The van der Waals surface area contributed by atoms with Crippen molar-refractivity contribution >= 4 is 27.8 Å². The monoisotopic (exact) mass is 355 g/mol. The SMILES string of the molecule is CCn1ncc(Br)c1CNC(=O)Cn1ccc(C(=O)O)n1. The minimum absolute atomic E-state index is 0.0365. The van der Waals surface area contributed by atoms with Gasteiger partial charge in [0.15, 0.2) is 5.69 Å². The average Bonchev–Trinajstić information content (AvgIpc) is 3.03. The predicted octanol–water partition coefficient (Wildman–Crippen LogP) is 0.877. The maximum absolute atomic E-state index is 11.8. The number of nitrogens with one attached hydrogen (secondary N) is 1. The van der Waals surface area contributed by atoms with Crippen molar-refractivity contribution in [3.63, 3.8) is 0 Å². The normalized spacial score (nSPS) is 10.6. The van der Waals surface area contributed by atoms with Crippen LogP contribution in [0.5, 0.6) is 0 Å². The molecule has 0 unspecified atom stereocenters. The molecule has 9 heteroatoms. The van der Waals surface area contributed by atoms with E-state index in [2.05, 4.69) is 31.4 Å². The molecule has 0 bridgehead atoms. The number of amides is 1. The summed E-state index contributed by atoms with van der Waals surface area (Å²) in [7, 11) is 0. The summed E-state index contributed by atoms with van der Waals surface area (Å²) in [5, 5.41) is 19.4. The van der Waals surface area contributed by atoms with E-state index in [0.717, 1.165) is 10.2 Å². The number of carboxylic acid groups (broad SMARTS) is 1. The highest BCUT2D eigenvalue weighted by Crippen LogP contribution is 2.15. The molecule has 0 aliphatic rings. The summed E-state index contributed by atoms with van der Waals surface area (Å²) in [6.45, 7) is 2.96. The van der Waals surface area contributed by atoms with Gasteiger partial charge in [0, 0.05) is 12.7 Å². The summed E-state index contributed by atoms with van der Waals surface area (Å²) in [6.07, 6.45) is 3.13. The summed E-state index contributed by atoms with van der Waals surface area (Å²) in [5.41, 5.74) is 0.784. The molecule has 112 valence electrons.